The first kappa shape index (κ1) is 22.3. The lowest BCUT2D eigenvalue weighted by Crippen LogP contribution is -2.30. The molecule has 0 aliphatic heterocycles. The Kier molecular flexibility index (Phi) is 5.78. The predicted octanol–water partition coefficient (Wildman–Crippen LogP) is 4.58. The van der Waals surface area contributed by atoms with Gasteiger partial charge >= 0.3 is 5.97 Å². The fourth-order valence-corrected chi connectivity index (χ4v) is 3.61. The summed E-state index contributed by atoms with van der Waals surface area (Å²) in [5.41, 5.74) is 0.686. The maximum atomic E-state index is 13.4. The van der Waals surface area contributed by atoms with Crippen molar-refractivity contribution in [2.45, 2.75) is 13.0 Å². The Morgan fingerprint density at radius 1 is 0.879 bits per heavy atom. The number of esters is 1. The number of carbonyl (C=O) groups excluding carboxylic acids is 4. The summed E-state index contributed by atoms with van der Waals surface area (Å²) in [4.78, 5) is 50.2. The van der Waals surface area contributed by atoms with Gasteiger partial charge in [0.2, 0.25) is 0 Å². The van der Waals surface area contributed by atoms with Gasteiger partial charge in [-0.2, -0.15) is 0 Å². The van der Waals surface area contributed by atoms with Crippen molar-refractivity contribution in [2.24, 2.45) is 0 Å². The molecule has 0 saturated carbocycles. The summed E-state index contributed by atoms with van der Waals surface area (Å²) in [6.07, 6.45) is -1.34. The van der Waals surface area contributed by atoms with Crippen molar-refractivity contribution in [3.05, 3.63) is 99.1 Å². The Bertz CT molecular complexity index is 1350. The molecular formula is C24H14ClF2NO5. The van der Waals surface area contributed by atoms with Crippen LogP contribution in [-0.2, 0) is 9.53 Å². The first-order valence-corrected chi connectivity index (χ1v) is 10.0. The van der Waals surface area contributed by atoms with Crippen LogP contribution in [0.4, 0.5) is 14.5 Å². The molecule has 1 atom stereocenters. The summed E-state index contributed by atoms with van der Waals surface area (Å²) in [5, 5.41) is 2.13. The van der Waals surface area contributed by atoms with Crippen molar-refractivity contribution < 1.29 is 32.7 Å². The van der Waals surface area contributed by atoms with E-state index in [0.29, 0.717) is 17.7 Å². The molecule has 0 heterocycles. The second-order valence-corrected chi connectivity index (χ2v) is 7.65. The second-order valence-electron chi connectivity index (χ2n) is 7.25. The highest BCUT2D eigenvalue weighted by molar-refractivity contribution is 6.33. The minimum atomic E-state index is -1.34. The van der Waals surface area contributed by atoms with Gasteiger partial charge in [0, 0.05) is 27.9 Å². The summed E-state index contributed by atoms with van der Waals surface area (Å²) in [6, 6.07) is 11.9. The minimum Gasteiger partial charge on any atom is -0.449 e. The van der Waals surface area contributed by atoms with Gasteiger partial charge in [0.15, 0.2) is 29.3 Å². The van der Waals surface area contributed by atoms with Gasteiger partial charge in [-0.15, -0.1) is 0 Å². The van der Waals surface area contributed by atoms with Gasteiger partial charge in [-0.3, -0.25) is 14.4 Å². The van der Waals surface area contributed by atoms with E-state index in [4.69, 9.17) is 16.3 Å². The normalized spacial score (nSPS) is 13.1. The van der Waals surface area contributed by atoms with Crippen LogP contribution in [0.2, 0.25) is 5.02 Å². The Balaban J connectivity index is 1.50. The number of amides is 1. The number of fused-ring (bicyclic) bond motifs is 2. The van der Waals surface area contributed by atoms with E-state index in [1.807, 2.05) is 0 Å². The van der Waals surface area contributed by atoms with E-state index in [-0.39, 0.29) is 39.0 Å². The Morgan fingerprint density at radius 3 is 2.12 bits per heavy atom. The highest BCUT2D eigenvalue weighted by Crippen LogP contribution is 2.29. The third-order valence-corrected chi connectivity index (χ3v) is 5.39. The quantitative estimate of drug-likeness (QED) is 0.349. The van der Waals surface area contributed by atoms with Gasteiger partial charge in [0.1, 0.15) is 0 Å². The monoisotopic (exact) mass is 469 g/mol. The third kappa shape index (κ3) is 4.12. The van der Waals surface area contributed by atoms with Crippen LogP contribution >= 0.6 is 11.6 Å². The van der Waals surface area contributed by atoms with Gasteiger partial charge in [0.25, 0.3) is 5.91 Å². The molecule has 1 aliphatic rings. The zero-order valence-electron chi connectivity index (χ0n) is 16.9. The van der Waals surface area contributed by atoms with Crippen LogP contribution in [0, 0.1) is 11.6 Å². The van der Waals surface area contributed by atoms with Crippen molar-refractivity contribution >= 4 is 40.7 Å². The maximum Gasteiger partial charge on any atom is 0.340 e. The average Bonchev–Trinajstić information content (AvgIpc) is 2.79. The van der Waals surface area contributed by atoms with Crippen molar-refractivity contribution in [3.8, 4) is 0 Å². The number of benzene rings is 3. The lowest BCUT2D eigenvalue weighted by Gasteiger charge is -2.19. The second kappa shape index (κ2) is 8.55. The van der Waals surface area contributed by atoms with Crippen LogP contribution < -0.4 is 5.32 Å². The van der Waals surface area contributed by atoms with Crippen LogP contribution in [-0.4, -0.2) is 29.5 Å². The topological polar surface area (TPSA) is 89.5 Å². The predicted molar refractivity (Wildman–Crippen MR) is 115 cm³/mol. The number of anilines is 1. The summed E-state index contributed by atoms with van der Waals surface area (Å²) < 4.78 is 31.6. The van der Waals surface area contributed by atoms with E-state index in [1.54, 1.807) is 24.3 Å². The van der Waals surface area contributed by atoms with Crippen molar-refractivity contribution in [3.63, 3.8) is 0 Å². The molecule has 0 saturated heterocycles. The van der Waals surface area contributed by atoms with Crippen LogP contribution in [0.25, 0.3) is 0 Å². The molecule has 0 radical (unpaired) electrons. The molecule has 0 fully saturated rings. The molecule has 1 aliphatic carbocycles. The number of carbonyl (C=O) groups is 4. The maximum absolute atomic E-state index is 13.4. The highest BCUT2D eigenvalue weighted by Gasteiger charge is 2.30. The zero-order chi connectivity index (χ0) is 23.9. The number of halogens is 3. The van der Waals surface area contributed by atoms with E-state index < -0.39 is 35.2 Å². The smallest absolute Gasteiger partial charge is 0.340 e. The molecule has 1 unspecified atom stereocenters. The fourth-order valence-electron chi connectivity index (χ4n) is 3.38. The largest absolute Gasteiger partial charge is 0.449 e. The summed E-state index contributed by atoms with van der Waals surface area (Å²) in [5.74, 6) is -5.06. The lowest BCUT2D eigenvalue weighted by atomic mass is 9.84. The highest BCUT2D eigenvalue weighted by atomic mass is 35.5. The molecule has 6 nitrogen and oxygen atoms in total. The van der Waals surface area contributed by atoms with Gasteiger partial charge in [-0.05, 0) is 37.3 Å². The molecule has 4 rings (SSSR count). The van der Waals surface area contributed by atoms with Crippen molar-refractivity contribution in [1.82, 2.24) is 0 Å². The SMILES string of the molecule is CC(OC(=O)c1cc(F)c(F)cc1Cl)C(=O)Nc1ccc2c(c1)C(=O)c1ccccc1C2=O. The first-order valence-electron chi connectivity index (χ1n) is 9.66. The first-order chi connectivity index (χ1) is 15.7. The van der Waals surface area contributed by atoms with E-state index in [2.05, 4.69) is 5.32 Å². The molecule has 0 aromatic heterocycles. The van der Waals surface area contributed by atoms with Crippen molar-refractivity contribution in [2.75, 3.05) is 5.32 Å². The number of hydrogen-bond donors (Lipinski definition) is 1. The summed E-state index contributed by atoms with van der Waals surface area (Å²) >= 11 is 5.75. The molecule has 3 aromatic rings. The van der Waals surface area contributed by atoms with Crippen LogP contribution in [0.15, 0.2) is 54.6 Å². The number of nitrogens with one attached hydrogen (secondary N) is 1. The van der Waals surface area contributed by atoms with Gasteiger partial charge in [0.05, 0.1) is 10.6 Å². The van der Waals surface area contributed by atoms with Gasteiger partial charge in [-0.1, -0.05) is 35.9 Å². The standard InChI is InChI=1S/C24H14ClF2NO5/c1-11(33-24(32)17-9-19(26)20(27)10-18(17)25)23(31)28-12-6-7-15-16(8-12)22(30)14-5-3-2-4-13(14)21(15)29/h2-11H,1H3,(H,28,31). The Labute approximate surface area is 191 Å². The van der Waals surface area contributed by atoms with E-state index in [0.717, 1.165) is 0 Å². The molecule has 1 amide bonds. The molecular weight excluding hydrogens is 456 g/mol. The summed E-state index contributed by atoms with van der Waals surface area (Å²) in [7, 11) is 0. The van der Waals surface area contributed by atoms with Crippen LogP contribution in [0.1, 0.15) is 49.1 Å². The molecule has 33 heavy (non-hydrogen) atoms. The van der Waals surface area contributed by atoms with Crippen molar-refractivity contribution in [1.29, 1.82) is 0 Å². The fraction of sp³-hybridized carbons (Fsp3) is 0.0833. The molecule has 3 aromatic carbocycles. The number of hydrogen-bond acceptors (Lipinski definition) is 5. The van der Waals surface area contributed by atoms with E-state index in [9.17, 15) is 28.0 Å². The van der Waals surface area contributed by atoms with Crippen LogP contribution in [0.3, 0.4) is 0 Å². The van der Waals surface area contributed by atoms with E-state index >= 15 is 0 Å². The zero-order valence-corrected chi connectivity index (χ0v) is 17.7. The third-order valence-electron chi connectivity index (χ3n) is 5.08. The number of ether oxygens (including phenoxy) is 1. The molecule has 0 bridgehead atoms. The van der Waals surface area contributed by atoms with Gasteiger partial charge < -0.3 is 10.1 Å². The number of rotatable bonds is 4. The molecule has 1 N–H and O–H groups in total. The molecule has 166 valence electrons. The Morgan fingerprint density at radius 2 is 1.45 bits per heavy atom. The molecule has 0 spiro atoms. The lowest BCUT2D eigenvalue weighted by molar-refractivity contribution is -0.123. The summed E-state index contributed by atoms with van der Waals surface area (Å²) in [6.45, 7) is 1.27. The Hall–Kier alpha value is -3.91. The van der Waals surface area contributed by atoms with Crippen LogP contribution in [0.5, 0.6) is 0 Å². The molecule has 9 heteroatoms. The number of ketones is 2. The minimum absolute atomic E-state index is 0.134. The van der Waals surface area contributed by atoms with Gasteiger partial charge in [-0.25, -0.2) is 13.6 Å². The average molecular weight is 470 g/mol. The van der Waals surface area contributed by atoms with E-state index in [1.165, 1.54) is 25.1 Å².